The summed E-state index contributed by atoms with van der Waals surface area (Å²) in [5, 5.41) is 13.2. The number of benzene rings is 1. The van der Waals surface area contributed by atoms with Crippen molar-refractivity contribution in [1.29, 1.82) is 0 Å². The van der Waals surface area contributed by atoms with Gasteiger partial charge in [-0.1, -0.05) is 39.0 Å². The van der Waals surface area contributed by atoms with Gasteiger partial charge in [-0.25, -0.2) is 0 Å². The first kappa shape index (κ1) is 18.0. The molecule has 1 rings (SSSR count). The highest BCUT2D eigenvalue weighted by atomic mass is 16.5. The van der Waals surface area contributed by atoms with Gasteiger partial charge in [0.05, 0.1) is 25.9 Å². The molecule has 21 heavy (non-hydrogen) atoms. The lowest BCUT2D eigenvalue weighted by molar-refractivity contribution is 0.0103. The first-order valence-corrected chi connectivity index (χ1v) is 7.62. The van der Waals surface area contributed by atoms with Crippen LogP contribution >= 0.6 is 0 Å². The van der Waals surface area contributed by atoms with E-state index in [9.17, 15) is 5.11 Å². The zero-order chi connectivity index (χ0) is 15.7. The molecule has 1 atom stereocenters. The smallest absolute Gasteiger partial charge is 0.0945 e. The van der Waals surface area contributed by atoms with Crippen LogP contribution in [0.5, 0.6) is 0 Å². The van der Waals surface area contributed by atoms with Gasteiger partial charge in [-0.2, -0.15) is 0 Å². The fourth-order valence-electron chi connectivity index (χ4n) is 2.06. The second kappa shape index (κ2) is 9.03. The Morgan fingerprint density at radius 2 is 1.81 bits per heavy atom. The minimum absolute atomic E-state index is 0.0720. The Bertz CT molecular complexity index is 401. The van der Waals surface area contributed by atoms with Crippen molar-refractivity contribution in [2.45, 2.75) is 39.2 Å². The minimum Gasteiger partial charge on any atom is -0.389 e. The number of ether oxygens (including phenoxy) is 2. The standard InChI is InChI=1S/C17H29NO3/c1-5-20-10-11-21-13-14(19)12-18-16-9-7-6-8-15(16)17(2,3)4/h6-9,14,18-19H,5,10-13H2,1-4H3. The van der Waals surface area contributed by atoms with Gasteiger partial charge in [-0.15, -0.1) is 0 Å². The van der Waals surface area contributed by atoms with Crippen LogP contribution in [-0.4, -0.2) is 44.2 Å². The predicted octanol–water partition coefficient (Wildman–Crippen LogP) is 2.81. The van der Waals surface area contributed by atoms with Gasteiger partial charge in [0.25, 0.3) is 0 Å². The van der Waals surface area contributed by atoms with E-state index >= 15 is 0 Å². The summed E-state index contributed by atoms with van der Waals surface area (Å²) in [6.07, 6.45) is -0.528. The quantitative estimate of drug-likeness (QED) is 0.688. The van der Waals surface area contributed by atoms with E-state index in [2.05, 4.69) is 32.2 Å². The maximum atomic E-state index is 9.93. The summed E-state index contributed by atoms with van der Waals surface area (Å²) in [7, 11) is 0. The summed E-state index contributed by atoms with van der Waals surface area (Å²) in [6, 6.07) is 8.21. The second-order valence-corrected chi connectivity index (χ2v) is 6.10. The molecule has 2 N–H and O–H groups in total. The number of nitrogens with one attached hydrogen (secondary N) is 1. The molecule has 4 heteroatoms. The van der Waals surface area contributed by atoms with Gasteiger partial charge in [0.15, 0.2) is 0 Å². The van der Waals surface area contributed by atoms with E-state index in [1.807, 2.05) is 25.1 Å². The molecule has 0 aliphatic carbocycles. The fourth-order valence-corrected chi connectivity index (χ4v) is 2.06. The van der Waals surface area contributed by atoms with Crippen LogP contribution in [0.3, 0.4) is 0 Å². The molecule has 0 aromatic heterocycles. The molecule has 0 aliphatic heterocycles. The first-order chi connectivity index (χ1) is 9.95. The number of hydrogen-bond acceptors (Lipinski definition) is 4. The molecule has 0 fully saturated rings. The van der Waals surface area contributed by atoms with E-state index in [1.54, 1.807) is 0 Å². The Hall–Kier alpha value is -1.10. The van der Waals surface area contributed by atoms with Crippen molar-refractivity contribution in [2.75, 3.05) is 38.3 Å². The average Bonchev–Trinajstić information content (AvgIpc) is 2.44. The topological polar surface area (TPSA) is 50.7 Å². The van der Waals surface area contributed by atoms with Gasteiger partial charge in [0, 0.05) is 18.8 Å². The maximum Gasteiger partial charge on any atom is 0.0945 e. The van der Waals surface area contributed by atoms with E-state index in [-0.39, 0.29) is 5.41 Å². The van der Waals surface area contributed by atoms with Crippen LogP contribution in [0.25, 0.3) is 0 Å². The van der Waals surface area contributed by atoms with E-state index in [0.29, 0.717) is 33.0 Å². The largest absolute Gasteiger partial charge is 0.389 e. The van der Waals surface area contributed by atoms with Gasteiger partial charge >= 0.3 is 0 Å². The Morgan fingerprint density at radius 1 is 1.14 bits per heavy atom. The summed E-state index contributed by atoms with van der Waals surface area (Å²) in [6.45, 7) is 11.1. The van der Waals surface area contributed by atoms with Crippen LogP contribution in [0.1, 0.15) is 33.3 Å². The molecule has 120 valence electrons. The highest BCUT2D eigenvalue weighted by Gasteiger charge is 2.17. The fraction of sp³-hybridized carbons (Fsp3) is 0.647. The molecular weight excluding hydrogens is 266 g/mol. The van der Waals surface area contributed by atoms with Crippen LogP contribution in [0, 0.1) is 0 Å². The Morgan fingerprint density at radius 3 is 2.48 bits per heavy atom. The molecule has 0 bridgehead atoms. The lowest BCUT2D eigenvalue weighted by Gasteiger charge is -2.24. The van der Waals surface area contributed by atoms with Crippen molar-refractivity contribution in [2.24, 2.45) is 0 Å². The van der Waals surface area contributed by atoms with Crippen molar-refractivity contribution in [3.8, 4) is 0 Å². The number of hydrogen-bond donors (Lipinski definition) is 2. The maximum absolute atomic E-state index is 9.93. The van der Waals surface area contributed by atoms with Crippen molar-refractivity contribution in [3.05, 3.63) is 29.8 Å². The molecule has 0 heterocycles. The zero-order valence-corrected chi connectivity index (χ0v) is 13.7. The number of para-hydroxylation sites is 1. The van der Waals surface area contributed by atoms with E-state index in [1.165, 1.54) is 5.56 Å². The summed E-state index contributed by atoms with van der Waals surface area (Å²) in [5.74, 6) is 0. The van der Waals surface area contributed by atoms with Crippen molar-refractivity contribution < 1.29 is 14.6 Å². The van der Waals surface area contributed by atoms with Crippen LogP contribution in [0.4, 0.5) is 5.69 Å². The summed E-state index contributed by atoms with van der Waals surface area (Å²) >= 11 is 0. The molecule has 4 nitrogen and oxygen atoms in total. The van der Waals surface area contributed by atoms with Crippen LogP contribution < -0.4 is 5.32 Å². The molecule has 1 aromatic rings. The number of anilines is 1. The van der Waals surface area contributed by atoms with Crippen LogP contribution in [0.15, 0.2) is 24.3 Å². The molecule has 0 spiro atoms. The Balaban J connectivity index is 2.38. The van der Waals surface area contributed by atoms with Crippen LogP contribution in [-0.2, 0) is 14.9 Å². The SMILES string of the molecule is CCOCCOCC(O)CNc1ccccc1C(C)(C)C. The van der Waals surface area contributed by atoms with Crippen molar-refractivity contribution in [1.82, 2.24) is 0 Å². The summed E-state index contributed by atoms with van der Waals surface area (Å²) < 4.78 is 10.5. The monoisotopic (exact) mass is 295 g/mol. The normalized spacial score (nSPS) is 13.2. The molecule has 0 saturated heterocycles. The minimum atomic E-state index is -0.528. The molecule has 1 aromatic carbocycles. The lowest BCUT2D eigenvalue weighted by atomic mass is 9.86. The summed E-state index contributed by atoms with van der Waals surface area (Å²) in [4.78, 5) is 0. The molecule has 0 aliphatic rings. The van der Waals surface area contributed by atoms with Gasteiger partial charge in [0.1, 0.15) is 0 Å². The van der Waals surface area contributed by atoms with Crippen molar-refractivity contribution >= 4 is 5.69 Å². The van der Waals surface area contributed by atoms with Gasteiger partial charge < -0.3 is 19.9 Å². The van der Waals surface area contributed by atoms with E-state index < -0.39 is 6.10 Å². The number of aliphatic hydroxyl groups excluding tert-OH is 1. The molecule has 0 amide bonds. The third-order valence-electron chi connectivity index (χ3n) is 3.15. The zero-order valence-electron chi connectivity index (χ0n) is 13.7. The third-order valence-corrected chi connectivity index (χ3v) is 3.15. The number of aliphatic hydroxyl groups is 1. The third kappa shape index (κ3) is 6.93. The molecule has 0 saturated carbocycles. The molecule has 0 radical (unpaired) electrons. The lowest BCUT2D eigenvalue weighted by Crippen LogP contribution is -2.26. The van der Waals surface area contributed by atoms with Gasteiger partial charge in [-0.05, 0) is 24.0 Å². The van der Waals surface area contributed by atoms with Gasteiger partial charge in [-0.3, -0.25) is 0 Å². The molecular formula is C17H29NO3. The Labute approximate surface area is 128 Å². The predicted molar refractivity (Wildman–Crippen MR) is 87.0 cm³/mol. The Kier molecular flexibility index (Phi) is 7.72. The van der Waals surface area contributed by atoms with Gasteiger partial charge in [0.2, 0.25) is 0 Å². The second-order valence-electron chi connectivity index (χ2n) is 6.10. The molecule has 1 unspecified atom stereocenters. The van der Waals surface area contributed by atoms with Crippen molar-refractivity contribution in [3.63, 3.8) is 0 Å². The van der Waals surface area contributed by atoms with Crippen LogP contribution in [0.2, 0.25) is 0 Å². The summed E-state index contributed by atoms with van der Waals surface area (Å²) in [5.41, 5.74) is 2.38. The average molecular weight is 295 g/mol. The highest BCUT2D eigenvalue weighted by Crippen LogP contribution is 2.29. The first-order valence-electron chi connectivity index (χ1n) is 7.62. The van der Waals surface area contributed by atoms with E-state index in [4.69, 9.17) is 9.47 Å². The number of rotatable bonds is 9. The van der Waals surface area contributed by atoms with E-state index in [0.717, 1.165) is 5.69 Å². The highest BCUT2D eigenvalue weighted by molar-refractivity contribution is 5.54.